The van der Waals surface area contributed by atoms with Gasteiger partial charge in [-0.15, -0.1) is 0 Å². The maximum atomic E-state index is 10.9. The number of hydrogen-bond acceptors (Lipinski definition) is 2. The highest BCUT2D eigenvalue weighted by atomic mass is 16.4. The third-order valence-corrected chi connectivity index (χ3v) is 2.01. The first-order valence-electron chi connectivity index (χ1n) is 4.56. The molecule has 0 aromatic carbocycles. The van der Waals surface area contributed by atoms with Crippen molar-refractivity contribution in [2.24, 2.45) is 17.1 Å². The highest BCUT2D eigenvalue weighted by Crippen LogP contribution is 2.29. The minimum absolute atomic E-state index is 0.000301. The summed E-state index contributed by atoms with van der Waals surface area (Å²) in [6.07, 6.45) is 0.603. The van der Waals surface area contributed by atoms with E-state index in [9.17, 15) is 4.79 Å². The smallest absolute Gasteiger partial charge is 0.308 e. The summed E-state index contributed by atoms with van der Waals surface area (Å²) in [7, 11) is 0. The standard InChI is InChI=1S/C10H21NO2/c1-9(2,3)6-7(8(12)13)10(4,5)11/h7H,6,11H2,1-5H3,(H,12,13). The van der Waals surface area contributed by atoms with Crippen molar-refractivity contribution in [1.82, 2.24) is 0 Å². The lowest BCUT2D eigenvalue weighted by Crippen LogP contribution is -2.46. The van der Waals surface area contributed by atoms with Crippen LogP contribution >= 0.6 is 0 Å². The van der Waals surface area contributed by atoms with Crippen LogP contribution in [0.4, 0.5) is 0 Å². The average molecular weight is 187 g/mol. The zero-order valence-corrected chi connectivity index (χ0v) is 9.22. The first-order valence-corrected chi connectivity index (χ1v) is 4.56. The molecule has 0 aliphatic heterocycles. The van der Waals surface area contributed by atoms with Gasteiger partial charge in [-0.2, -0.15) is 0 Å². The number of carboxylic acid groups (broad SMARTS) is 1. The van der Waals surface area contributed by atoms with Crippen LogP contribution in [0.3, 0.4) is 0 Å². The van der Waals surface area contributed by atoms with Gasteiger partial charge in [0.25, 0.3) is 0 Å². The number of hydrogen-bond donors (Lipinski definition) is 2. The summed E-state index contributed by atoms with van der Waals surface area (Å²) < 4.78 is 0. The van der Waals surface area contributed by atoms with Gasteiger partial charge in [0.1, 0.15) is 0 Å². The average Bonchev–Trinajstić information content (AvgIpc) is 1.77. The van der Waals surface area contributed by atoms with Crippen molar-refractivity contribution in [2.75, 3.05) is 0 Å². The first-order chi connectivity index (χ1) is 5.54. The van der Waals surface area contributed by atoms with Crippen molar-refractivity contribution in [3.63, 3.8) is 0 Å². The molecule has 0 fully saturated rings. The molecule has 0 aliphatic rings. The molecular formula is C10H21NO2. The Balaban J connectivity index is 4.56. The second kappa shape index (κ2) is 3.66. The zero-order chi connectivity index (χ0) is 10.9. The molecule has 0 saturated carbocycles. The molecule has 0 aliphatic carbocycles. The topological polar surface area (TPSA) is 63.3 Å². The minimum atomic E-state index is -0.803. The van der Waals surface area contributed by atoms with Crippen molar-refractivity contribution < 1.29 is 9.90 Å². The Kier molecular flexibility index (Phi) is 3.50. The monoisotopic (exact) mass is 187 g/mol. The maximum absolute atomic E-state index is 10.9. The minimum Gasteiger partial charge on any atom is -0.481 e. The van der Waals surface area contributed by atoms with Crippen LogP contribution in [0.15, 0.2) is 0 Å². The van der Waals surface area contributed by atoms with Crippen molar-refractivity contribution in [2.45, 2.75) is 46.6 Å². The van der Waals surface area contributed by atoms with Gasteiger partial charge in [0.15, 0.2) is 0 Å². The molecular weight excluding hydrogens is 166 g/mol. The molecule has 0 heterocycles. The Morgan fingerprint density at radius 3 is 1.77 bits per heavy atom. The molecule has 0 rings (SSSR count). The Morgan fingerprint density at radius 2 is 1.69 bits per heavy atom. The van der Waals surface area contributed by atoms with Gasteiger partial charge in [-0.3, -0.25) is 4.79 Å². The van der Waals surface area contributed by atoms with Crippen LogP contribution in [0.2, 0.25) is 0 Å². The van der Waals surface area contributed by atoms with Gasteiger partial charge in [0.05, 0.1) is 5.92 Å². The summed E-state index contributed by atoms with van der Waals surface area (Å²) in [5.41, 5.74) is 5.15. The maximum Gasteiger partial charge on any atom is 0.308 e. The van der Waals surface area contributed by atoms with Gasteiger partial charge < -0.3 is 10.8 Å². The molecule has 13 heavy (non-hydrogen) atoms. The third-order valence-electron chi connectivity index (χ3n) is 2.01. The summed E-state index contributed by atoms with van der Waals surface area (Å²) >= 11 is 0. The molecule has 1 unspecified atom stereocenters. The Hall–Kier alpha value is -0.570. The van der Waals surface area contributed by atoms with Crippen molar-refractivity contribution >= 4 is 5.97 Å². The summed E-state index contributed by atoms with van der Waals surface area (Å²) in [4.78, 5) is 10.9. The fraction of sp³-hybridized carbons (Fsp3) is 0.900. The molecule has 0 saturated heterocycles. The molecule has 0 spiro atoms. The lowest BCUT2D eigenvalue weighted by Gasteiger charge is -2.32. The van der Waals surface area contributed by atoms with Gasteiger partial charge in [-0.1, -0.05) is 20.8 Å². The molecule has 3 N–H and O–H groups in total. The van der Waals surface area contributed by atoms with E-state index in [1.807, 2.05) is 20.8 Å². The number of nitrogens with two attached hydrogens (primary N) is 1. The molecule has 1 atom stereocenters. The molecule has 78 valence electrons. The highest BCUT2D eigenvalue weighted by molar-refractivity contribution is 5.71. The Labute approximate surface area is 80.3 Å². The summed E-state index contributed by atoms with van der Waals surface area (Å²) in [6, 6.07) is 0. The van der Waals surface area contributed by atoms with E-state index < -0.39 is 17.4 Å². The molecule has 0 bridgehead atoms. The van der Waals surface area contributed by atoms with E-state index in [1.165, 1.54) is 0 Å². The fourth-order valence-corrected chi connectivity index (χ4v) is 1.28. The number of carboxylic acids is 1. The molecule has 0 amide bonds. The van der Waals surface area contributed by atoms with Crippen molar-refractivity contribution in [1.29, 1.82) is 0 Å². The third kappa shape index (κ3) is 4.88. The van der Waals surface area contributed by atoms with E-state index in [1.54, 1.807) is 13.8 Å². The van der Waals surface area contributed by atoms with E-state index in [-0.39, 0.29) is 5.41 Å². The van der Waals surface area contributed by atoms with Crippen LogP contribution in [0.25, 0.3) is 0 Å². The second-order valence-electron chi connectivity index (χ2n) is 5.48. The fourth-order valence-electron chi connectivity index (χ4n) is 1.28. The van der Waals surface area contributed by atoms with E-state index in [0.717, 1.165) is 0 Å². The Morgan fingerprint density at radius 1 is 1.31 bits per heavy atom. The van der Waals surface area contributed by atoms with Crippen LogP contribution in [0, 0.1) is 11.3 Å². The normalized spacial score (nSPS) is 15.5. The molecule has 0 aromatic heterocycles. The van der Waals surface area contributed by atoms with Crippen LogP contribution < -0.4 is 5.73 Å². The van der Waals surface area contributed by atoms with Crippen LogP contribution in [0.5, 0.6) is 0 Å². The summed E-state index contributed by atoms with van der Waals surface area (Å²) in [5, 5.41) is 8.99. The molecule has 3 nitrogen and oxygen atoms in total. The molecule has 3 heteroatoms. The van der Waals surface area contributed by atoms with Gasteiger partial charge in [-0.05, 0) is 25.7 Å². The largest absolute Gasteiger partial charge is 0.481 e. The highest BCUT2D eigenvalue weighted by Gasteiger charge is 2.34. The number of rotatable bonds is 3. The molecule has 0 radical (unpaired) electrons. The Bertz CT molecular complexity index is 186. The van der Waals surface area contributed by atoms with Gasteiger partial charge in [0, 0.05) is 5.54 Å². The van der Waals surface area contributed by atoms with Crippen molar-refractivity contribution in [3.05, 3.63) is 0 Å². The van der Waals surface area contributed by atoms with Gasteiger partial charge in [0.2, 0.25) is 0 Å². The predicted molar refractivity (Wildman–Crippen MR) is 53.5 cm³/mol. The van der Waals surface area contributed by atoms with Crippen LogP contribution in [-0.2, 0) is 4.79 Å². The van der Waals surface area contributed by atoms with Gasteiger partial charge in [-0.25, -0.2) is 0 Å². The summed E-state index contributed by atoms with van der Waals surface area (Å²) in [5.74, 6) is -1.28. The van der Waals surface area contributed by atoms with E-state index in [4.69, 9.17) is 10.8 Å². The SMILES string of the molecule is CC(C)(C)CC(C(=O)O)C(C)(C)N. The van der Waals surface area contributed by atoms with Crippen molar-refractivity contribution in [3.8, 4) is 0 Å². The number of aliphatic carboxylic acids is 1. The molecule has 0 aromatic rings. The van der Waals surface area contributed by atoms with Crippen LogP contribution in [0.1, 0.15) is 41.0 Å². The first kappa shape index (κ1) is 12.4. The lowest BCUT2D eigenvalue weighted by atomic mass is 9.76. The quantitative estimate of drug-likeness (QED) is 0.709. The van der Waals surface area contributed by atoms with E-state index >= 15 is 0 Å². The van der Waals surface area contributed by atoms with Gasteiger partial charge >= 0.3 is 5.97 Å². The van der Waals surface area contributed by atoms with E-state index in [0.29, 0.717) is 6.42 Å². The zero-order valence-electron chi connectivity index (χ0n) is 9.22. The number of carbonyl (C=O) groups is 1. The predicted octanol–water partition coefficient (Wildman–Crippen LogP) is 1.86. The van der Waals surface area contributed by atoms with E-state index in [2.05, 4.69) is 0 Å². The van der Waals surface area contributed by atoms with Crippen LogP contribution in [-0.4, -0.2) is 16.6 Å². The lowest BCUT2D eigenvalue weighted by molar-refractivity contribution is -0.145. The summed E-state index contributed by atoms with van der Waals surface area (Å²) in [6.45, 7) is 9.59. The second-order valence-corrected chi connectivity index (χ2v) is 5.48.